The van der Waals surface area contributed by atoms with Gasteiger partial charge in [0.25, 0.3) is 0 Å². The van der Waals surface area contributed by atoms with Crippen LogP contribution < -0.4 is 9.64 Å². The Kier molecular flexibility index (Phi) is 7.08. The number of carbonyl (C=O) groups excluding carboxylic acids is 1. The van der Waals surface area contributed by atoms with E-state index in [1.807, 2.05) is 18.2 Å². The molecule has 1 spiro atoms. The highest BCUT2D eigenvalue weighted by atomic mass is 35.5. The summed E-state index contributed by atoms with van der Waals surface area (Å²) < 4.78 is 17.8. The van der Waals surface area contributed by atoms with Crippen LogP contribution in [-0.4, -0.2) is 56.7 Å². The molecule has 204 valence electrons. The molecule has 0 bridgehead atoms. The number of carbonyl (C=O) groups is 1. The second-order valence-electron chi connectivity index (χ2n) is 11.9. The zero-order valence-corrected chi connectivity index (χ0v) is 23.1. The fraction of sp³-hybridized carbons (Fsp3) is 0.581. The molecule has 2 aromatic carbocycles. The van der Waals surface area contributed by atoms with E-state index in [0.29, 0.717) is 37.0 Å². The van der Waals surface area contributed by atoms with Gasteiger partial charge in [-0.25, -0.2) is 4.79 Å². The van der Waals surface area contributed by atoms with Crippen LogP contribution in [0.15, 0.2) is 36.4 Å². The van der Waals surface area contributed by atoms with Crippen molar-refractivity contribution in [2.45, 2.75) is 63.1 Å². The second kappa shape index (κ2) is 10.4. The van der Waals surface area contributed by atoms with Crippen LogP contribution in [0.25, 0.3) is 0 Å². The number of nitrogens with zero attached hydrogens (tertiary/aromatic N) is 1. The SMILES string of the molecule is COC(=O)c1ccc2c(c1)N(C[C@@H]1CC[C@H]1[C@H]1C[C@H](O)[C@@H](C)CO1)C[C@@]1(CCCc3cc(Cl)ccc31)CO2. The van der Waals surface area contributed by atoms with E-state index in [9.17, 15) is 9.90 Å². The lowest BCUT2D eigenvalue weighted by molar-refractivity contribution is -0.124. The first-order chi connectivity index (χ1) is 18.4. The first kappa shape index (κ1) is 26.0. The average Bonchev–Trinajstić information content (AvgIpc) is 3.05. The number of aryl methyl sites for hydroxylation is 1. The third-order valence-corrected chi connectivity index (χ3v) is 9.81. The van der Waals surface area contributed by atoms with Gasteiger partial charge in [0.2, 0.25) is 0 Å². The van der Waals surface area contributed by atoms with Crippen LogP contribution >= 0.6 is 11.6 Å². The van der Waals surface area contributed by atoms with Gasteiger partial charge in [0.05, 0.1) is 43.8 Å². The van der Waals surface area contributed by atoms with Crippen LogP contribution in [0.5, 0.6) is 5.75 Å². The Bertz CT molecular complexity index is 1200. The number of aliphatic hydroxyl groups excluding tert-OH is 1. The van der Waals surface area contributed by atoms with Gasteiger partial charge in [-0.05, 0) is 85.4 Å². The highest BCUT2D eigenvalue weighted by Gasteiger charge is 2.45. The van der Waals surface area contributed by atoms with Crippen LogP contribution in [-0.2, 0) is 21.3 Å². The maximum Gasteiger partial charge on any atom is 0.337 e. The van der Waals surface area contributed by atoms with Crippen LogP contribution in [0, 0.1) is 17.8 Å². The number of anilines is 1. The van der Waals surface area contributed by atoms with E-state index in [0.717, 1.165) is 61.7 Å². The number of fused-ring (bicyclic) bond motifs is 3. The van der Waals surface area contributed by atoms with Crippen LogP contribution in [0.1, 0.15) is 60.5 Å². The predicted molar refractivity (Wildman–Crippen MR) is 147 cm³/mol. The van der Waals surface area contributed by atoms with Crippen LogP contribution in [0.3, 0.4) is 0 Å². The molecule has 7 heteroatoms. The molecule has 0 amide bonds. The molecule has 6 nitrogen and oxygen atoms in total. The van der Waals surface area contributed by atoms with Crippen molar-refractivity contribution in [2.75, 3.05) is 38.3 Å². The summed E-state index contributed by atoms with van der Waals surface area (Å²) in [5.41, 5.74) is 3.97. The Balaban J connectivity index is 1.33. The van der Waals surface area contributed by atoms with Crippen molar-refractivity contribution < 1.29 is 24.1 Å². The van der Waals surface area contributed by atoms with Crippen molar-refractivity contribution in [3.63, 3.8) is 0 Å². The van der Waals surface area contributed by atoms with E-state index < -0.39 is 0 Å². The number of methoxy groups -OCH3 is 1. The maximum absolute atomic E-state index is 12.5. The molecule has 0 aromatic heterocycles. The van der Waals surface area contributed by atoms with E-state index in [1.54, 1.807) is 6.07 Å². The normalized spacial score (nSPS) is 32.4. The Hall–Kier alpha value is -2.28. The second-order valence-corrected chi connectivity index (χ2v) is 12.4. The highest BCUT2D eigenvalue weighted by Crippen LogP contribution is 2.47. The van der Waals surface area contributed by atoms with Gasteiger partial charge in [-0.15, -0.1) is 0 Å². The summed E-state index contributed by atoms with van der Waals surface area (Å²) in [6, 6.07) is 11.9. The average molecular weight is 540 g/mol. The van der Waals surface area contributed by atoms with Crippen LogP contribution in [0.2, 0.25) is 5.02 Å². The van der Waals surface area contributed by atoms with E-state index in [2.05, 4.69) is 24.0 Å². The number of ether oxygens (including phenoxy) is 3. The lowest BCUT2D eigenvalue weighted by Crippen LogP contribution is -2.51. The summed E-state index contributed by atoms with van der Waals surface area (Å²) in [7, 11) is 1.42. The van der Waals surface area contributed by atoms with E-state index >= 15 is 0 Å². The summed E-state index contributed by atoms with van der Waals surface area (Å²) in [5, 5.41) is 11.3. The first-order valence-corrected chi connectivity index (χ1v) is 14.4. The number of esters is 1. The van der Waals surface area contributed by atoms with Crippen molar-refractivity contribution in [1.82, 2.24) is 0 Å². The molecule has 0 radical (unpaired) electrons. The molecule has 1 N–H and O–H groups in total. The first-order valence-electron chi connectivity index (χ1n) is 14.1. The largest absolute Gasteiger partial charge is 0.490 e. The molecule has 2 aliphatic carbocycles. The third-order valence-electron chi connectivity index (χ3n) is 9.57. The van der Waals surface area contributed by atoms with Crippen molar-refractivity contribution in [3.8, 4) is 5.75 Å². The molecule has 4 aliphatic rings. The standard InChI is InChI=1S/C31H38ClNO5/c1-19-16-37-29(14-27(19)34)24-8-5-22(24)15-33-17-31(11-3-4-20-12-23(32)7-9-25(20)31)18-38-28-10-6-21(13-26(28)33)30(35)36-2/h6-7,9-10,12-13,19,22,24,27,29,34H,3-5,8,11,14-18H2,1-2H3/t19-,22-,24+,27-,29+,31-/m0/s1. The fourth-order valence-electron chi connectivity index (χ4n) is 7.18. The van der Waals surface area contributed by atoms with Crippen molar-refractivity contribution >= 4 is 23.3 Å². The summed E-state index contributed by atoms with van der Waals surface area (Å²) in [4.78, 5) is 14.9. The summed E-state index contributed by atoms with van der Waals surface area (Å²) in [6.45, 7) is 4.95. The molecule has 1 saturated carbocycles. The number of halogens is 1. The quantitative estimate of drug-likeness (QED) is 0.524. The van der Waals surface area contributed by atoms with Crippen molar-refractivity contribution in [2.24, 2.45) is 17.8 Å². The lowest BCUT2D eigenvalue weighted by atomic mass is 9.67. The van der Waals surface area contributed by atoms with Gasteiger partial charge >= 0.3 is 5.97 Å². The number of hydrogen-bond acceptors (Lipinski definition) is 6. The van der Waals surface area contributed by atoms with Gasteiger partial charge in [0, 0.05) is 35.9 Å². The van der Waals surface area contributed by atoms with E-state index in [1.165, 1.54) is 18.2 Å². The Labute approximate surface area is 230 Å². The van der Waals surface area contributed by atoms with Gasteiger partial charge in [-0.2, -0.15) is 0 Å². The molecule has 6 atom stereocenters. The van der Waals surface area contributed by atoms with Gasteiger partial charge in [-0.3, -0.25) is 0 Å². The Morgan fingerprint density at radius 3 is 2.87 bits per heavy atom. The minimum absolute atomic E-state index is 0.107. The van der Waals surface area contributed by atoms with Gasteiger partial charge in [0.15, 0.2) is 0 Å². The van der Waals surface area contributed by atoms with Gasteiger partial charge < -0.3 is 24.2 Å². The predicted octanol–water partition coefficient (Wildman–Crippen LogP) is 5.41. The molecular formula is C31H38ClNO5. The molecule has 2 fully saturated rings. The monoisotopic (exact) mass is 539 g/mol. The summed E-state index contributed by atoms with van der Waals surface area (Å²) >= 11 is 6.39. The minimum Gasteiger partial charge on any atom is -0.490 e. The zero-order chi connectivity index (χ0) is 26.4. The molecule has 6 rings (SSSR count). The Morgan fingerprint density at radius 1 is 1.24 bits per heavy atom. The van der Waals surface area contributed by atoms with Gasteiger partial charge in [0.1, 0.15) is 5.75 Å². The lowest BCUT2D eigenvalue weighted by Gasteiger charge is -2.48. The topological polar surface area (TPSA) is 68.2 Å². The molecule has 2 aliphatic heterocycles. The zero-order valence-electron chi connectivity index (χ0n) is 22.3. The van der Waals surface area contributed by atoms with Crippen molar-refractivity contribution in [3.05, 3.63) is 58.1 Å². The Morgan fingerprint density at radius 2 is 2.11 bits per heavy atom. The fourth-order valence-corrected chi connectivity index (χ4v) is 7.37. The summed E-state index contributed by atoms with van der Waals surface area (Å²) in [6.07, 6.45) is 5.95. The molecule has 1 saturated heterocycles. The molecular weight excluding hydrogens is 502 g/mol. The number of aliphatic hydroxyl groups is 1. The number of hydrogen-bond donors (Lipinski definition) is 1. The number of rotatable bonds is 4. The maximum atomic E-state index is 12.5. The third kappa shape index (κ3) is 4.69. The molecule has 0 unspecified atom stereocenters. The van der Waals surface area contributed by atoms with E-state index in [4.69, 9.17) is 25.8 Å². The molecule has 2 aromatic rings. The van der Waals surface area contributed by atoms with Crippen LogP contribution in [0.4, 0.5) is 5.69 Å². The van der Waals surface area contributed by atoms with Crippen molar-refractivity contribution in [1.29, 1.82) is 0 Å². The minimum atomic E-state index is -0.343. The smallest absolute Gasteiger partial charge is 0.337 e. The number of benzene rings is 2. The van der Waals surface area contributed by atoms with E-state index in [-0.39, 0.29) is 29.5 Å². The molecule has 38 heavy (non-hydrogen) atoms. The summed E-state index contributed by atoms with van der Waals surface area (Å²) in [5.74, 6) is 1.55. The highest BCUT2D eigenvalue weighted by molar-refractivity contribution is 6.30. The van der Waals surface area contributed by atoms with Gasteiger partial charge in [-0.1, -0.05) is 24.6 Å². The molecule has 2 heterocycles.